The van der Waals surface area contributed by atoms with Gasteiger partial charge in [-0.3, -0.25) is 0 Å². The Labute approximate surface area is 102 Å². The van der Waals surface area contributed by atoms with Crippen molar-refractivity contribution >= 4 is 5.97 Å². The number of benzene rings is 1. The van der Waals surface area contributed by atoms with E-state index in [1.807, 2.05) is 13.8 Å². The Bertz CT molecular complexity index is 302. The molecule has 0 aliphatic rings. The summed E-state index contributed by atoms with van der Waals surface area (Å²) in [5.74, 6) is -0.851. The van der Waals surface area contributed by atoms with E-state index in [4.69, 9.17) is 15.3 Å². The molecule has 3 N–H and O–H groups in total. The van der Waals surface area contributed by atoms with E-state index in [-0.39, 0.29) is 18.6 Å². The molecular formula is C13H20O4. The van der Waals surface area contributed by atoms with Crippen LogP contribution in [-0.4, -0.2) is 34.0 Å². The lowest BCUT2D eigenvalue weighted by atomic mass is 10.0. The van der Waals surface area contributed by atoms with Crippen LogP contribution in [0.3, 0.4) is 0 Å². The Morgan fingerprint density at radius 1 is 1.29 bits per heavy atom. The maximum absolute atomic E-state index is 10.2. The zero-order valence-electron chi connectivity index (χ0n) is 10.2. The molecule has 0 aromatic heterocycles. The van der Waals surface area contributed by atoms with Crippen molar-refractivity contribution < 1.29 is 20.1 Å². The van der Waals surface area contributed by atoms with Crippen LogP contribution in [0.25, 0.3) is 0 Å². The van der Waals surface area contributed by atoms with Gasteiger partial charge >= 0.3 is 5.97 Å². The van der Waals surface area contributed by atoms with Gasteiger partial charge in [-0.1, -0.05) is 32.0 Å². The fraction of sp³-hybridized carbons (Fsp3) is 0.462. The van der Waals surface area contributed by atoms with Gasteiger partial charge in [0, 0.05) is 12.5 Å². The highest BCUT2D eigenvalue weighted by atomic mass is 16.4. The SMILES string of the molecule is CCC(O)C(C)CO.O=C(O)c1ccccc1. The molecule has 4 nitrogen and oxygen atoms in total. The van der Waals surface area contributed by atoms with Gasteiger partial charge in [0.15, 0.2) is 0 Å². The predicted molar refractivity (Wildman–Crippen MR) is 65.9 cm³/mol. The summed E-state index contributed by atoms with van der Waals surface area (Å²) in [6.45, 7) is 3.81. The molecule has 4 heteroatoms. The number of carboxylic acids is 1. The first kappa shape index (κ1) is 15.6. The van der Waals surface area contributed by atoms with Crippen LogP contribution < -0.4 is 0 Å². The molecule has 0 aliphatic carbocycles. The Morgan fingerprint density at radius 2 is 1.82 bits per heavy atom. The van der Waals surface area contributed by atoms with Gasteiger partial charge in [0.1, 0.15) is 0 Å². The van der Waals surface area contributed by atoms with E-state index < -0.39 is 5.97 Å². The van der Waals surface area contributed by atoms with E-state index in [0.717, 1.165) is 6.42 Å². The van der Waals surface area contributed by atoms with Crippen molar-refractivity contribution in [3.8, 4) is 0 Å². The molecular weight excluding hydrogens is 220 g/mol. The van der Waals surface area contributed by atoms with E-state index >= 15 is 0 Å². The van der Waals surface area contributed by atoms with Crippen molar-refractivity contribution in [2.75, 3.05) is 6.61 Å². The van der Waals surface area contributed by atoms with Crippen molar-refractivity contribution in [3.63, 3.8) is 0 Å². The van der Waals surface area contributed by atoms with Crippen LogP contribution in [0, 0.1) is 5.92 Å². The van der Waals surface area contributed by atoms with Crippen molar-refractivity contribution in [3.05, 3.63) is 35.9 Å². The first-order valence-electron chi connectivity index (χ1n) is 5.60. The minimum Gasteiger partial charge on any atom is -0.478 e. The normalized spacial score (nSPS) is 13.2. The molecule has 2 atom stereocenters. The molecule has 0 bridgehead atoms. The van der Waals surface area contributed by atoms with E-state index in [2.05, 4.69) is 0 Å². The molecule has 0 saturated heterocycles. The van der Waals surface area contributed by atoms with Gasteiger partial charge in [0.05, 0.1) is 11.7 Å². The maximum atomic E-state index is 10.2. The first-order chi connectivity index (χ1) is 8.02. The summed E-state index contributed by atoms with van der Waals surface area (Å²) in [5.41, 5.74) is 0.331. The average molecular weight is 240 g/mol. The molecule has 17 heavy (non-hydrogen) atoms. The molecule has 0 amide bonds. The standard InChI is InChI=1S/C7H6O2.C6H14O2/c8-7(9)6-4-2-1-3-5-6;1-3-6(8)5(2)4-7/h1-5H,(H,8,9);5-8H,3-4H2,1-2H3. The van der Waals surface area contributed by atoms with E-state index in [1.165, 1.54) is 0 Å². The Hall–Kier alpha value is -1.39. The maximum Gasteiger partial charge on any atom is 0.335 e. The third kappa shape index (κ3) is 6.71. The quantitative estimate of drug-likeness (QED) is 0.749. The highest BCUT2D eigenvalue weighted by Crippen LogP contribution is 2.03. The zero-order chi connectivity index (χ0) is 13.3. The summed E-state index contributed by atoms with van der Waals surface area (Å²) >= 11 is 0. The molecule has 0 fully saturated rings. The van der Waals surface area contributed by atoms with E-state index in [0.29, 0.717) is 5.56 Å². The number of aliphatic hydroxyl groups excluding tert-OH is 2. The summed E-state index contributed by atoms with van der Waals surface area (Å²) in [6, 6.07) is 8.30. The summed E-state index contributed by atoms with van der Waals surface area (Å²) < 4.78 is 0. The molecule has 1 aromatic carbocycles. The van der Waals surface area contributed by atoms with E-state index in [1.54, 1.807) is 30.3 Å². The molecule has 1 aromatic rings. The van der Waals surface area contributed by atoms with Crippen LogP contribution >= 0.6 is 0 Å². The van der Waals surface area contributed by atoms with Crippen LogP contribution in [0.15, 0.2) is 30.3 Å². The van der Waals surface area contributed by atoms with Crippen LogP contribution in [0.2, 0.25) is 0 Å². The number of aromatic carboxylic acids is 1. The van der Waals surface area contributed by atoms with Crippen molar-refractivity contribution in [1.82, 2.24) is 0 Å². The highest BCUT2D eigenvalue weighted by molar-refractivity contribution is 5.87. The van der Waals surface area contributed by atoms with Gasteiger partial charge in [-0.15, -0.1) is 0 Å². The number of carbonyl (C=O) groups is 1. The highest BCUT2D eigenvalue weighted by Gasteiger charge is 2.08. The number of carboxylic acid groups (broad SMARTS) is 1. The lowest BCUT2D eigenvalue weighted by Crippen LogP contribution is -2.19. The molecule has 1 rings (SSSR count). The number of hydrogen-bond acceptors (Lipinski definition) is 3. The number of aliphatic hydroxyl groups is 2. The largest absolute Gasteiger partial charge is 0.478 e. The monoisotopic (exact) mass is 240 g/mol. The van der Waals surface area contributed by atoms with Crippen LogP contribution in [0.5, 0.6) is 0 Å². The number of rotatable bonds is 4. The smallest absolute Gasteiger partial charge is 0.335 e. The number of hydrogen-bond donors (Lipinski definition) is 3. The third-order valence-corrected chi connectivity index (χ3v) is 2.38. The Balaban J connectivity index is 0.000000304. The molecule has 0 heterocycles. The van der Waals surface area contributed by atoms with E-state index in [9.17, 15) is 4.79 Å². The summed E-state index contributed by atoms with van der Waals surface area (Å²) in [7, 11) is 0. The van der Waals surface area contributed by atoms with Gasteiger partial charge in [-0.05, 0) is 18.6 Å². The zero-order valence-corrected chi connectivity index (χ0v) is 10.2. The van der Waals surface area contributed by atoms with Gasteiger partial charge in [-0.25, -0.2) is 4.79 Å². The second-order valence-electron chi connectivity index (χ2n) is 3.81. The summed E-state index contributed by atoms with van der Waals surface area (Å²) in [5, 5.41) is 25.8. The van der Waals surface area contributed by atoms with Crippen molar-refractivity contribution in [2.45, 2.75) is 26.4 Å². The predicted octanol–water partition coefficient (Wildman–Crippen LogP) is 1.77. The van der Waals surface area contributed by atoms with Crippen LogP contribution in [-0.2, 0) is 0 Å². The topological polar surface area (TPSA) is 77.8 Å². The Morgan fingerprint density at radius 3 is 2.06 bits per heavy atom. The third-order valence-electron chi connectivity index (χ3n) is 2.38. The van der Waals surface area contributed by atoms with Gasteiger partial charge in [0.2, 0.25) is 0 Å². The molecule has 0 radical (unpaired) electrons. The summed E-state index contributed by atoms with van der Waals surface area (Å²) in [6.07, 6.45) is 0.391. The Kier molecular flexibility index (Phi) is 8.01. The molecule has 2 unspecified atom stereocenters. The minimum atomic E-state index is -0.879. The molecule has 0 saturated carbocycles. The molecule has 96 valence electrons. The van der Waals surface area contributed by atoms with Crippen molar-refractivity contribution in [2.24, 2.45) is 5.92 Å². The van der Waals surface area contributed by atoms with Gasteiger partial charge in [0.25, 0.3) is 0 Å². The fourth-order valence-corrected chi connectivity index (χ4v) is 1.10. The summed E-state index contributed by atoms with van der Waals surface area (Å²) in [4.78, 5) is 10.2. The molecule has 0 aliphatic heterocycles. The van der Waals surface area contributed by atoms with Crippen LogP contribution in [0.1, 0.15) is 30.6 Å². The van der Waals surface area contributed by atoms with Gasteiger partial charge < -0.3 is 15.3 Å². The second kappa shape index (κ2) is 8.73. The second-order valence-corrected chi connectivity index (χ2v) is 3.81. The lowest BCUT2D eigenvalue weighted by Gasteiger charge is -2.12. The van der Waals surface area contributed by atoms with Crippen LogP contribution in [0.4, 0.5) is 0 Å². The lowest BCUT2D eigenvalue weighted by molar-refractivity contribution is 0.0696. The first-order valence-corrected chi connectivity index (χ1v) is 5.60. The van der Waals surface area contributed by atoms with Crippen molar-refractivity contribution in [1.29, 1.82) is 0 Å². The molecule has 0 spiro atoms. The minimum absolute atomic E-state index is 0.0278. The van der Waals surface area contributed by atoms with Gasteiger partial charge in [-0.2, -0.15) is 0 Å². The average Bonchev–Trinajstić information content (AvgIpc) is 2.38. The fourth-order valence-electron chi connectivity index (χ4n) is 1.10.